The summed E-state index contributed by atoms with van der Waals surface area (Å²) in [4.78, 5) is 14.8. The lowest BCUT2D eigenvalue weighted by molar-refractivity contribution is -0.304. The second kappa shape index (κ2) is 9.88. The van der Waals surface area contributed by atoms with Crippen molar-refractivity contribution in [2.75, 3.05) is 18.5 Å². The third-order valence-electron chi connectivity index (χ3n) is 3.38. The van der Waals surface area contributed by atoms with Gasteiger partial charge in [0.15, 0.2) is 16.6 Å². The maximum atomic E-state index is 10.6. The summed E-state index contributed by atoms with van der Waals surface area (Å²) < 4.78 is 11.4. The van der Waals surface area contributed by atoms with E-state index in [4.69, 9.17) is 9.47 Å². The fourth-order valence-electron chi connectivity index (χ4n) is 2.17. The number of rotatable bonds is 11. The van der Waals surface area contributed by atoms with Gasteiger partial charge in [-0.15, -0.1) is 11.3 Å². The predicted octanol–water partition coefficient (Wildman–Crippen LogP) is 2.63. The number of thiazole rings is 1. The molecule has 0 aliphatic heterocycles. The minimum absolute atomic E-state index is 0.170. The Morgan fingerprint density at radius 3 is 2.84 bits per heavy atom. The monoisotopic (exact) mass is 363 g/mol. The number of carbonyl (C=O) groups is 1. The molecule has 0 aliphatic carbocycles. The molecule has 0 saturated carbocycles. The van der Waals surface area contributed by atoms with Crippen LogP contribution in [0.1, 0.15) is 37.9 Å². The molecule has 2 aromatic rings. The molecule has 0 bridgehead atoms. The molecule has 0 aliphatic rings. The van der Waals surface area contributed by atoms with Crippen LogP contribution in [0.5, 0.6) is 11.5 Å². The Morgan fingerprint density at radius 2 is 2.12 bits per heavy atom. The van der Waals surface area contributed by atoms with Crippen LogP contribution in [-0.2, 0) is 17.8 Å². The summed E-state index contributed by atoms with van der Waals surface area (Å²) in [6, 6.07) is 5.85. The normalized spacial score (nSPS) is 10.5. The van der Waals surface area contributed by atoms with Gasteiger partial charge in [-0.3, -0.25) is 0 Å². The van der Waals surface area contributed by atoms with Gasteiger partial charge in [0.2, 0.25) is 0 Å². The summed E-state index contributed by atoms with van der Waals surface area (Å²) in [7, 11) is 0. The average molecular weight is 363 g/mol. The molecule has 6 nitrogen and oxygen atoms in total. The number of anilines is 1. The second-order valence-electron chi connectivity index (χ2n) is 5.46. The van der Waals surface area contributed by atoms with Gasteiger partial charge in [-0.1, -0.05) is 19.4 Å². The van der Waals surface area contributed by atoms with Gasteiger partial charge in [0.1, 0.15) is 0 Å². The number of carbonyl (C=O) groups excluding carboxylic acids is 1. The van der Waals surface area contributed by atoms with Gasteiger partial charge in [-0.05, 0) is 31.0 Å². The fourth-order valence-corrected chi connectivity index (χ4v) is 2.88. The Hall–Kier alpha value is -2.28. The number of unbranched alkanes of at least 4 members (excludes halogenated alkanes) is 1. The number of nitrogens with zero attached hydrogens (tertiary/aromatic N) is 1. The molecule has 1 aromatic heterocycles. The van der Waals surface area contributed by atoms with Crippen molar-refractivity contribution in [1.82, 2.24) is 4.98 Å². The number of aliphatic carboxylic acids is 1. The van der Waals surface area contributed by atoms with E-state index in [-0.39, 0.29) is 6.42 Å². The summed E-state index contributed by atoms with van der Waals surface area (Å²) in [6.45, 7) is 5.87. The number of carboxylic acid groups (broad SMARTS) is 1. The highest BCUT2D eigenvalue weighted by Crippen LogP contribution is 2.29. The van der Waals surface area contributed by atoms with Crippen molar-refractivity contribution in [1.29, 1.82) is 0 Å². The minimum atomic E-state index is -1.13. The molecule has 1 N–H and O–H groups in total. The zero-order chi connectivity index (χ0) is 18.1. The lowest BCUT2D eigenvalue weighted by Crippen LogP contribution is -2.24. The van der Waals surface area contributed by atoms with E-state index in [1.54, 1.807) is 5.38 Å². The van der Waals surface area contributed by atoms with Gasteiger partial charge in [-0.2, -0.15) is 0 Å². The molecule has 0 saturated heterocycles. The van der Waals surface area contributed by atoms with Gasteiger partial charge in [0.25, 0.3) is 0 Å². The number of aromatic nitrogens is 1. The average Bonchev–Trinajstić information content (AvgIpc) is 3.02. The van der Waals surface area contributed by atoms with Crippen molar-refractivity contribution in [3.8, 4) is 11.5 Å². The topological polar surface area (TPSA) is 83.5 Å². The fraction of sp³-hybridized carbons (Fsp3) is 0.444. The Balaban J connectivity index is 1.97. The van der Waals surface area contributed by atoms with E-state index < -0.39 is 5.97 Å². The van der Waals surface area contributed by atoms with Crippen LogP contribution in [0, 0.1) is 0 Å². The lowest BCUT2D eigenvalue weighted by Gasteiger charge is -2.13. The first kappa shape index (κ1) is 19.1. The highest BCUT2D eigenvalue weighted by molar-refractivity contribution is 7.13. The van der Waals surface area contributed by atoms with Crippen LogP contribution in [0.25, 0.3) is 0 Å². The Kier molecular flexibility index (Phi) is 7.53. The number of nitrogens with one attached hydrogen (secondary N) is 1. The van der Waals surface area contributed by atoms with Crippen molar-refractivity contribution >= 4 is 22.4 Å². The molecule has 1 heterocycles. The number of benzene rings is 1. The highest BCUT2D eigenvalue weighted by Gasteiger charge is 2.08. The predicted molar refractivity (Wildman–Crippen MR) is 96.2 cm³/mol. The van der Waals surface area contributed by atoms with Crippen molar-refractivity contribution in [3.63, 3.8) is 0 Å². The SMILES string of the molecule is CCCCOc1ccc(CNc2nc(CC(=O)[O-])cs2)cc1OCC. The Labute approximate surface area is 151 Å². The van der Waals surface area contributed by atoms with Crippen LogP contribution >= 0.6 is 11.3 Å². The third kappa shape index (κ3) is 6.26. The standard InChI is InChI=1S/C18H24N2O4S/c1-3-5-8-24-15-7-6-13(9-16(15)23-4-2)11-19-18-20-14(12-25-18)10-17(21)22/h6-7,9,12H,3-5,8,10-11H2,1-2H3,(H,19,20)(H,21,22)/p-1. The Morgan fingerprint density at radius 1 is 1.28 bits per heavy atom. The zero-order valence-corrected chi connectivity index (χ0v) is 15.4. The van der Waals surface area contributed by atoms with Gasteiger partial charge in [0, 0.05) is 24.3 Å². The first-order chi connectivity index (χ1) is 12.1. The highest BCUT2D eigenvalue weighted by atomic mass is 32.1. The zero-order valence-electron chi connectivity index (χ0n) is 14.5. The lowest BCUT2D eigenvalue weighted by atomic mass is 10.2. The van der Waals surface area contributed by atoms with Crippen molar-refractivity contribution < 1.29 is 19.4 Å². The van der Waals surface area contributed by atoms with Gasteiger partial charge < -0.3 is 24.7 Å². The number of hydrogen-bond acceptors (Lipinski definition) is 7. The smallest absolute Gasteiger partial charge is 0.183 e. The van der Waals surface area contributed by atoms with Crippen LogP contribution in [0.4, 0.5) is 5.13 Å². The summed E-state index contributed by atoms with van der Waals surface area (Å²) in [5, 5.41) is 16.2. The Bertz CT molecular complexity index is 687. The number of ether oxygens (including phenoxy) is 2. The molecule has 7 heteroatoms. The molecule has 25 heavy (non-hydrogen) atoms. The summed E-state index contributed by atoms with van der Waals surface area (Å²) >= 11 is 1.37. The molecule has 0 atom stereocenters. The van der Waals surface area contributed by atoms with E-state index in [0.717, 1.165) is 29.9 Å². The molecule has 0 unspecified atom stereocenters. The van der Waals surface area contributed by atoms with E-state index in [9.17, 15) is 9.90 Å². The molecular formula is C18H23N2O4S-. The number of carboxylic acids is 1. The van der Waals surface area contributed by atoms with Crippen molar-refractivity contribution in [3.05, 3.63) is 34.8 Å². The van der Waals surface area contributed by atoms with Crippen LogP contribution in [0.2, 0.25) is 0 Å². The van der Waals surface area contributed by atoms with Crippen molar-refractivity contribution in [2.45, 2.75) is 39.7 Å². The maximum absolute atomic E-state index is 10.6. The van der Waals surface area contributed by atoms with Crippen LogP contribution in [0.15, 0.2) is 23.6 Å². The van der Waals surface area contributed by atoms with Crippen molar-refractivity contribution in [2.24, 2.45) is 0 Å². The van der Waals surface area contributed by atoms with E-state index >= 15 is 0 Å². The van der Waals surface area contributed by atoms with Crippen LogP contribution in [0.3, 0.4) is 0 Å². The van der Waals surface area contributed by atoms with Crippen LogP contribution < -0.4 is 19.9 Å². The summed E-state index contributed by atoms with van der Waals surface area (Å²) in [5.74, 6) is 0.357. The van der Waals surface area contributed by atoms with Gasteiger partial charge >= 0.3 is 0 Å². The first-order valence-corrected chi connectivity index (χ1v) is 9.27. The van der Waals surface area contributed by atoms with E-state index in [2.05, 4.69) is 17.2 Å². The molecule has 2 rings (SSSR count). The second-order valence-corrected chi connectivity index (χ2v) is 6.32. The molecule has 0 amide bonds. The largest absolute Gasteiger partial charge is 0.550 e. The summed E-state index contributed by atoms with van der Waals surface area (Å²) in [6.07, 6.45) is 1.92. The van der Waals surface area contributed by atoms with E-state index in [0.29, 0.717) is 30.6 Å². The van der Waals surface area contributed by atoms with Gasteiger partial charge in [0.05, 0.1) is 18.9 Å². The minimum Gasteiger partial charge on any atom is -0.550 e. The maximum Gasteiger partial charge on any atom is 0.183 e. The van der Waals surface area contributed by atoms with E-state index in [1.165, 1.54) is 11.3 Å². The summed E-state index contributed by atoms with van der Waals surface area (Å²) in [5.41, 5.74) is 1.53. The van der Waals surface area contributed by atoms with Crippen LogP contribution in [-0.4, -0.2) is 24.2 Å². The molecule has 136 valence electrons. The van der Waals surface area contributed by atoms with E-state index in [1.807, 2.05) is 25.1 Å². The first-order valence-electron chi connectivity index (χ1n) is 8.39. The van der Waals surface area contributed by atoms with Gasteiger partial charge in [-0.25, -0.2) is 4.98 Å². The molecule has 0 spiro atoms. The molecular weight excluding hydrogens is 340 g/mol. The number of hydrogen-bond donors (Lipinski definition) is 1. The molecule has 0 fully saturated rings. The molecule has 1 aromatic carbocycles. The molecule has 0 radical (unpaired) electrons. The quantitative estimate of drug-likeness (QED) is 0.618. The third-order valence-corrected chi connectivity index (χ3v) is 4.23.